The van der Waals surface area contributed by atoms with Crippen LogP contribution >= 0.6 is 11.3 Å². The summed E-state index contributed by atoms with van der Waals surface area (Å²) in [7, 11) is 0. The highest BCUT2D eigenvalue weighted by atomic mass is 32.1. The molecule has 0 bridgehead atoms. The number of hydrogen-bond acceptors (Lipinski definition) is 6. The van der Waals surface area contributed by atoms with Crippen molar-refractivity contribution in [2.45, 2.75) is 13.3 Å². The second-order valence-electron chi connectivity index (χ2n) is 5.30. The molecule has 0 saturated heterocycles. The highest BCUT2D eigenvalue weighted by molar-refractivity contribution is 7.15. The number of imidazole rings is 1. The number of amides is 1. The first kappa shape index (κ1) is 14.7. The third kappa shape index (κ3) is 2.83. The zero-order chi connectivity index (χ0) is 16.5. The Kier molecular flexibility index (Phi) is 3.66. The maximum atomic E-state index is 12.0. The summed E-state index contributed by atoms with van der Waals surface area (Å²) >= 11 is 1.53. The van der Waals surface area contributed by atoms with Gasteiger partial charge in [0.15, 0.2) is 16.5 Å². The normalized spacial score (nSPS) is 13.5. The number of carbonyl (C=O) groups excluding carboxylic acids is 1. The van der Waals surface area contributed by atoms with E-state index in [0.29, 0.717) is 11.5 Å². The Hall–Kier alpha value is -2.87. The molecule has 122 valence electrons. The van der Waals surface area contributed by atoms with E-state index in [4.69, 9.17) is 9.47 Å². The van der Waals surface area contributed by atoms with Gasteiger partial charge in [-0.15, -0.1) is 11.3 Å². The first-order valence-corrected chi connectivity index (χ1v) is 8.21. The predicted molar refractivity (Wildman–Crippen MR) is 89.7 cm³/mol. The molecule has 0 radical (unpaired) electrons. The molecule has 1 N–H and O–H groups in total. The van der Waals surface area contributed by atoms with Crippen molar-refractivity contribution in [3.05, 3.63) is 47.2 Å². The molecular formula is C16H14N4O3S. The Balaban J connectivity index is 1.41. The topological polar surface area (TPSA) is 77.2 Å². The minimum absolute atomic E-state index is 0.187. The Morgan fingerprint density at radius 1 is 1.42 bits per heavy atom. The van der Waals surface area contributed by atoms with Gasteiger partial charge in [0.2, 0.25) is 12.7 Å². The molecule has 3 heterocycles. The van der Waals surface area contributed by atoms with Crippen molar-refractivity contribution in [1.29, 1.82) is 0 Å². The van der Waals surface area contributed by atoms with Gasteiger partial charge in [0, 0.05) is 23.3 Å². The summed E-state index contributed by atoms with van der Waals surface area (Å²) in [5.41, 5.74) is 4.83. The van der Waals surface area contributed by atoms with E-state index in [9.17, 15) is 4.79 Å². The molecule has 7 nitrogen and oxygen atoms in total. The summed E-state index contributed by atoms with van der Waals surface area (Å²) in [5.74, 6) is 1.20. The maximum absolute atomic E-state index is 12.0. The number of hydrogen-bond donors (Lipinski definition) is 1. The van der Waals surface area contributed by atoms with Crippen molar-refractivity contribution in [2.24, 2.45) is 5.10 Å². The maximum Gasteiger partial charge on any atom is 0.246 e. The van der Waals surface area contributed by atoms with Crippen LogP contribution in [0.25, 0.3) is 4.96 Å². The minimum Gasteiger partial charge on any atom is -0.454 e. The Bertz CT molecular complexity index is 915. The van der Waals surface area contributed by atoms with Crippen LogP contribution in [0.5, 0.6) is 11.5 Å². The molecule has 0 fully saturated rings. The summed E-state index contributed by atoms with van der Waals surface area (Å²) in [4.78, 5) is 17.3. The average Bonchev–Trinajstić information content (AvgIpc) is 3.27. The highest BCUT2D eigenvalue weighted by Crippen LogP contribution is 2.32. The second kappa shape index (κ2) is 5.97. The van der Waals surface area contributed by atoms with Crippen molar-refractivity contribution in [3.63, 3.8) is 0 Å². The van der Waals surface area contributed by atoms with Gasteiger partial charge in [-0.1, -0.05) is 0 Å². The predicted octanol–water partition coefficient (Wildman–Crippen LogP) is 2.21. The zero-order valence-electron chi connectivity index (χ0n) is 12.9. The van der Waals surface area contributed by atoms with Gasteiger partial charge in [-0.3, -0.25) is 9.20 Å². The van der Waals surface area contributed by atoms with E-state index in [1.807, 2.05) is 47.3 Å². The van der Waals surface area contributed by atoms with E-state index in [1.54, 1.807) is 0 Å². The summed E-state index contributed by atoms with van der Waals surface area (Å²) in [6, 6.07) is 5.55. The largest absolute Gasteiger partial charge is 0.454 e. The van der Waals surface area contributed by atoms with Crippen molar-refractivity contribution < 1.29 is 14.3 Å². The number of thiazole rings is 1. The molecule has 1 aliphatic rings. The lowest BCUT2D eigenvalue weighted by molar-refractivity contribution is -0.120. The van der Waals surface area contributed by atoms with Crippen LogP contribution in [0.2, 0.25) is 0 Å². The van der Waals surface area contributed by atoms with Gasteiger partial charge in [-0.05, 0) is 25.1 Å². The summed E-state index contributed by atoms with van der Waals surface area (Å²) in [5, 5.41) is 6.10. The lowest BCUT2D eigenvalue weighted by Gasteiger charge is -2.03. The van der Waals surface area contributed by atoms with Crippen molar-refractivity contribution >= 4 is 27.9 Å². The number of hydrazone groups is 1. The van der Waals surface area contributed by atoms with E-state index >= 15 is 0 Å². The van der Waals surface area contributed by atoms with Crippen molar-refractivity contribution in [2.75, 3.05) is 6.79 Å². The Morgan fingerprint density at radius 2 is 2.29 bits per heavy atom. The molecule has 0 aliphatic carbocycles. The number of fused-ring (bicyclic) bond motifs is 2. The molecule has 1 aromatic carbocycles. The SMILES string of the molecule is C/C(=N\NC(=O)Cc1cn2ccsc2n1)c1ccc2c(c1)OCO2. The van der Waals surface area contributed by atoms with Gasteiger partial charge in [-0.25, -0.2) is 10.4 Å². The molecule has 0 saturated carbocycles. The molecular weight excluding hydrogens is 328 g/mol. The second-order valence-corrected chi connectivity index (χ2v) is 6.18. The van der Waals surface area contributed by atoms with Gasteiger partial charge in [-0.2, -0.15) is 5.10 Å². The first-order chi connectivity index (χ1) is 11.7. The molecule has 2 aromatic heterocycles. The van der Waals surface area contributed by atoms with Crippen LogP contribution in [0, 0.1) is 0 Å². The number of ether oxygens (including phenoxy) is 2. The highest BCUT2D eigenvalue weighted by Gasteiger charge is 2.14. The standard InChI is InChI=1S/C16H14N4O3S/c1-10(11-2-3-13-14(6-11)23-9-22-13)18-19-15(21)7-12-8-20-4-5-24-16(20)17-12/h2-6,8H,7,9H2,1H3,(H,19,21)/b18-10+. The molecule has 1 aliphatic heterocycles. The third-order valence-corrected chi connectivity index (χ3v) is 4.39. The number of nitrogens with one attached hydrogen (secondary N) is 1. The molecule has 0 unspecified atom stereocenters. The monoisotopic (exact) mass is 342 g/mol. The van der Waals surface area contributed by atoms with E-state index < -0.39 is 0 Å². The fourth-order valence-electron chi connectivity index (χ4n) is 2.40. The fraction of sp³-hybridized carbons (Fsp3) is 0.188. The van der Waals surface area contributed by atoms with E-state index in [0.717, 1.165) is 22.0 Å². The Morgan fingerprint density at radius 3 is 3.17 bits per heavy atom. The summed E-state index contributed by atoms with van der Waals surface area (Å²) in [6.45, 7) is 2.05. The van der Waals surface area contributed by atoms with Crippen LogP contribution in [0.4, 0.5) is 0 Å². The number of aromatic nitrogens is 2. The molecule has 1 amide bonds. The van der Waals surface area contributed by atoms with E-state index in [2.05, 4.69) is 15.5 Å². The van der Waals surface area contributed by atoms with Crippen LogP contribution in [0.3, 0.4) is 0 Å². The summed E-state index contributed by atoms with van der Waals surface area (Å²) < 4.78 is 12.5. The minimum atomic E-state index is -0.208. The quantitative estimate of drug-likeness (QED) is 0.582. The molecule has 24 heavy (non-hydrogen) atoms. The molecule has 8 heteroatoms. The Labute approximate surface area is 141 Å². The third-order valence-electron chi connectivity index (χ3n) is 3.62. The molecule has 0 spiro atoms. The van der Waals surface area contributed by atoms with Crippen LogP contribution in [-0.4, -0.2) is 27.8 Å². The molecule has 4 rings (SSSR count). The average molecular weight is 342 g/mol. The number of benzene rings is 1. The summed E-state index contributed by atoms with van der Waals surface area (Å²) in [6.07, 6.45) is 3.95. The number of rotatable bonds is 4. The van der Waals surface area contributed by atoms with Crippen LogP contribution in [-0.2, 0) is 11.2 Å². The first-order valence-electron chi connectivity index (χ1n) is 7.33. The van der Waals surface area contributed by atoms with Crippen LogP contribution in [0.1, 0.15) is 18.2 Å². The van der Waals surface area contributed by atoms with Crippen molar-refractivity contribution in [3.8, 4) is 11.5 Å². The molecule has 0 atom stereocenters. The van der Waals surface area contributed by atoms with Gasteiger partial charge in [0.1, 0.15) is 0 Å². The van der Waals surface area contributed by atoms with E-state index in [1.165, 1.54) is 11.3 Å². The smallest absolute Gasteiger partial charge is 0.246 e. The van der Waals surface area contributed by atoms with E-state index in [-0.39, 0.29) is 19.1 Å². The van der Waals surface area contributed by atoms with Gasteiger partial charge < -0.3 is 9.47 Å². The number of carbonyl (C=O) groups is 1. The number of nitrogens with zero attached hydrogens (tertiary/aromatic N) is 3. The fourth-order valence-corrected chi connectivity index (χ4v) is 3.12. The van der Waals surface area contributed by atoms with Gasteiger partial charge >= 0.3 is 0 Å². The molecule has 3 aromatic rings. The lowest BCUT2D eigenvalue weighted by Crippen LogP contribution is -2.21. The zero-order valence-corrected chi connectivity index (χ0v) is 13.7. The van der Waals surface area contributed by atoms with Crippen LogP contribution < -0.4 is 14.9 Å². The lowest BCUT2D eigenvalue weighted by atomic mass is 10.1. The van der Waals surface area contributed by atoms with Gasteiger partial charge in [0.25, 0.3) is 0 Å². The van der Waals surface area contributed by atoms with Crippen LogP contribution in [0.15, 0.2) is 41.1 Å². The van der Waals surface area contributed by atoms with Gasteiger partial charge in [0.05, 0.1) is 17.8 Å². The van der Waals surface area contributed by atoms with Crippen molar-refractivity contribution in [1.82, 2.24) is 14.8 Å².